The third-order valence-electron chi connectivity index (χ3n) is 9.90. The van der Waals surface area contributed by atoms with E-state index in [0.717, 1.165) is 19.2 Å². The SMILES string of the molecule is COc1cc(C=O)cc(-c2cc(C=O)cc(OC)c2O)c1O.COc1cc(C=O)cc(-c2cc(C=O)cc(OC)c2OCC2CO2)c1OCC1CO1.COc1cc(C=O)ccc1O.ClCC1CO1. The Bertz CT molecular complexity index is 2430. The lowest BCUT2D eigenvalue weighted by Gasteiger charge is -2.20. The van der Waals surface area contributed by atoms with Gasteiger partial charge in [0.15, 0.2) is 57.5 Å². The van der Waals surface area contributed by atoms with Crippen LogP contribution in [0.4, 0.5) is 0 Å². The fourth-order valence-electron chi connectivity index (χ4n) is 6.11. The number of alkyl halides is 1. The Morgan fingerprint density at radius 1 is 0.471 bits per heavy atom. The molecule has 3 aliphatic rings. The smallest absolute Gasteiger partial charge is 0.169 e. The van der Waals surface area contributed by atoms with E-state index in [0.29, 0.717) is 114 Å². The average molecular weight is 961 g/mol. The van der Waals surface area contributed by atoms with Gasteiger partial charge < -0.3 is 62.7 Å². The summed E-state index contributed by atoms with van der Waals surface area (Å²) in [6.07, 6.45) is 3.75. The first-order valence-corrected chi connectivity index (χ1v) is 21.0. The molecule has 5 aromatic rings. The second kappa shape index (κ2) is 24.9. The summed E-state index contributed by atoms with van der Waals surface area (Å²) in [5.41, 5.74) is 3.17. The zero-order valence-corrected chi connectivity index (χ0v) is 38.3. The van der Waals surface area contributed by atoms with Crippen molar-refractivity contribution in [1.29, 1.82) is 0 Å². The van der Waals surface area contributed by atoms with Crippen molar-refractivity contribution in [2.75, 3.05) is 74.5 Å². The van der Waals surface area contributed by atoms with Crippen LogP contribution in [-0.4, -0.2) is 140 Å². The van der Waals surface area contributed by atoms with Crippen molar-refractivity contribution >= 4 is 43.0 Å². The van der Waals surface area contributed by atoms with Gasteiger partial charge in [-0.1, -0.05) is 0 Å². The number of carbonyl (C=O) groups is 5. The van der Waals surface area contributed by atoms with E-state index in [9.17, 15) is 34.2 Å². The van der Waals surface area contributed by atoms with Gasteiger partial charge in [-0.3, -0.25) is 24.0 Å². The maximum atomic E-state index is 11.6. The minimum Gasteiger partial charge on any atom is -0.504 e. The van der Waals surface area contributed by atoms with Gasteiger partial charge in [0.05, 0.1) is 67.4 Å². The van der Waals surface area contributed by atoms with Crippen LogP contribution in [0.1, 0.15) is 51.8 Å². The maximum Gasteiger partial charge on any atom is 0.169 e. The molecule has 0 aliphatic carbocycles. The zero-order valence-electron chi connectivity index (χ0n) is 37.6. The average Bonchev–Trinajstić information content (AvgIpc) is 4.22. The van der Waals surface area contributed by atoms with E-state index in [1.54, 1.807) is 24.3 Å². The van der Waals surface area contributed by atoms with Crippen molar-refractivity contribution in [2.45, 2.75) is 18.3 Å². The van der Waals surface area contributed by atoms with Crippen LogP contribution in [0, 0.1) is 0 Å². The van der Waals surface area contributed by atoms with Crippen LogP contribution in [0.3, 0.4) is 0 Å². The van der Waals surface area contributed by atoms with Gasteiger partial charge in [-0.2, -0.15) is 0 Å². The summed E-state index contributed by atoms with van der Waals surface area (Å²) in [5, 5.41) is 29.6. The summed E-state index contributed by atoms with van der Waals surface area (Å²) >= 11 is 5.27. The van der Waals surface area contributed by atoms with Gasteiger partial charge in [-0.05, 0) is 66.7 Å². The first-order valence-electron chi connectivity index (χ1n) is 20.5. The number of epoxide rings is 3. The molecular weight excluding hydrogens is 912 g/mol. The Labute approximate surface area is 395 Å². The molecule has 3 unspecified atom stereocenters. The first kappa shape index (κ1) is 51.6. The Hall–Kier alpha value is -7.38. The van der Waals surface area contributed by atoms with E-state index in [-0.39, 0.29) is 63.2 Å². The van der Waals surface area contributed by atoms with Gasteiger partial charge in [0, 0.05) is 50.1 Å². The van der Waals surface area contributed by atoms with Crippen molar-refractivity contribution in [2.24, 2.45) is 0 Å². The van der Waals surface area contributed by atoms with Gasteiger partial charge in [-0.15, -0.1) is 11.6 Å². The van der Waals surface area contributed by atoms with Crippen LogP contribution in [0.15, 0.2) is 66.7 Å². The highest BCUT2D eigenvalue weighted by atomic mass is 35.5. The number of phenolic OH excluding ortho intramolecular Hbond substituents is 3. The Balaban J connectivity index is 0.000000197. The van der Waals surface area contributed by atoms with Crippen LogP contribution in [-0.2, 0) is 14.2 Å². The lowest BCUT2D eigenvalue weighted by Crippen LogP contribution is -2.09. The van der Waals surface area contributed by atoms with Crippen molar-refractivity contribution in [3.05, 3.63) is 94.5 Å². The lowest BCUT2D eigenvalue weighted by molar-refractivity contribution is 0.111. The Morgan fingerprint density at radius 2 is 0.794 bits per heavy atom. The van der Waals surface area contributed by atoms with Crippen LogP contribution >= 0.6 is 11.6 Å². The Kier molecular flexibility index (Phi) is 18.9. The van der Waals surface area contributed by atoms with Crippen molar-refractivity contribution in [3.63, 3.8) is 0 Å². The lowest BCUT2D eigenvalue weighted by atomic mass is 9.98. The first-order chi connectivity index (χ1) is 32.9. The summed E-state index contributed by atoms with van der Waals surface area (Å²) in [7, 11) is 7.12. The number of ether oxygens (including phenoxy) is 10. The third kappa shape index (κ3) is 13.8. The van der Waals surface area contributed by atoms with E-state index < -0.39 is 0 Å². The molecule has 0 spiro atoms. The van der Waals surface area contributed by atoms with Gasteiger partial charge in [-0.25, -0.2) is 0 Å². The molecule has 3 aliphatic heterocycles. The molecule has 0 aromatic heterocycles. The summed E-state index contributed by atoms with van der Waals surface area (Å²) in [5.74, 6) is 2.30. The molecule has 0 amide bonds. The van der Waals surface area contributed by atoms with E-state index in [2.05, 4.69) is 0 Å². The summed E-state index contributed by atoms with van der Waals surface area (Å²) in [6.45, 7) is 2.81. The molecular formula is C49H49ClO18. The fourth-order valence-corrected chi connectivity index (χ4v) is 6.28. The van der Waals surface area contributed by atoms with Crippen LogP contribution in [0.25, 0.3) is 22.3 Å². The quantitative estimate of drug-likeness (QED) is 0.0437. The molecule has 5 aromatic carbocycles. The molecule has 18 nitrogen and oxygen atoms in total. The summed E-state index contributed by atoms with van der Waals surface area (Å²) < 4.78 is 53.0. The predicted octanol–water partition coefficient (Wildman–Crippen LogP) is 6.80. The second-order valence-electron chi connectivity index (χ2n) is 14.6. The number of hydrogen-bond donors (Lipinski definition) is 3. The van der Waals surface area contributed by atoms with E-state index in [4.69, 9.17) is 64.1 Å². The number of aldehydes is 5. The number of phenols is 3. The van der Waals surface area contributed by atoms with Gasteiger partial charge in [0.1, 0.15) is 56.9 Å². The van der Waals surface area contributed by atoms with Crippen molar-refractivity contribution in [3.8, 4) is 79.7 Å². The molecule has 3 saturated heterocycles. The van der Waals surface area contributed by atoms with E-state index in [1.807, 2.05) is 0 Å². The molecule has 360 valence electrons. The zero-order chi connectivity index (χ0) is 49.3. The number of aromatic hydroxyl groups is 3. The molecule has 19 heteroatoms. The number of carbonyl (C=O) groups excluding carboxylic acids is 5. The summed E-state index contributed by atoms with van der Waals surface area (Å²) in [4.78, 5) is 55.4. The van der Waals surface area contributed by atoms with E-state index >= 15 is 0 Å². The largest absolute Gasteiger partial charge is 0.504 e. The standard InChI is InChI=1S/C22H22O8.C16H14O6.C8H8O3.C3H5ClO/c1-25-19-5-13(7-23)3-17(21(19)29-11-15-9-27-15)18-4-14(8-24)6-20(26-2)22(18)30-12-16-10-28-16;1-21-13-5-9(7-17)3-11(15(13)19)12-4-10(8-18)6-14(22-2)16(12)20;1-11-8-4-6(5-9)2-3-7(8)10;4-1-3-2-5-3/h3-8,15-16H,9-12H2,1-2H3;3-8,19-20H,1-2H3;2-5,10H,1H3;3H,1-2H2. The number of hydrogen-bond acceptors (Lipinski definition) is 18. The molecule has 3 heterocycles. The van der Waals surface area contributed by atoms with E-state index in [1.165, 1.54) is 78.0 Å². The van der Waals surface area contributed by atoms with Crippen molar-refractivity contribution in [1.82, 2.24) is 0 Å². The molecule has 68 heavy (non-hydrogen) atoms. The van der Waals surface area contributed by atoms with Gasteiger partial charge in [0.2, 0.25) is 0 Å². The number of rotatable bonds is 19. The fraction of sp³-hybridized carbons (Fsp3) is 0.286. The molecule has 0 radical (unpaired) electrons. The van der Waals surface area contributed by atoms with Crippen LogP contribution in [0.5, 0.6) is 57.5 Å². The molecule has 0 bridgehead atoms. The van der Waals surface area contributed by atoms with Crippen LogP contribution < -0.4 is 33.2 Å². The second-order valence-corrected chi connectivity index (χ2v) is 14.9. The third-order valence-corrected chi connectivity index (χ3v) is 10.2. The minimum atomic E-state index is -0.256. The predicted molar refractivity (Wildman–Crippen MR) is 246 cm³/mol. The number of methoxy groups -OCH3 is 5. The molecule has 0 saturated carbocycles. The van der Waals surface area contributed by atoms with Gasteiger partial charge in [0.25, 0.3) is 0 Å². The number of halogens is 1. The highest BCUT2D eigenvalue weighted by Crippen LogP contribution is 2.48. The molecule has 3 N–H and O–H groups in total. The topological polar surface area (TPSA) is 248 Å². The monoisotopic (exact) mass is 960 g/mol. The highest BCUT2D eigenvalue weighted by Gasteiger charge is 2.29. The van der Waals surface area contributed by atoms with Crippen molar-refractivity contribution < 1.29 is 86.7 Å². The molecule has 3 atom stereocenters. The normalized spacial score (nSPS) is 15.6. The molecule has 8 rings (SSSR count). The highest BCUT2D eigenvalue weighted by molar-refractivity contribution is 6.18. The Morgan fingerprint density at radius 3 is 1.09 bits per heavy atom. The minimum absolute atomic E-state index is 0.0203. The number of benzene rings is 5. The molecule has 3 fully saturated rings. The van der Waals surface area contributed by atoms with Gasteiger partial charge >= 0.3 is 0 Å². The maximum absolute atomic E-state index is 11.6. The summed E-state index contributed by atoms with van der Waals surface area (Å²) in [6, 6.07) is 16.4. The van der Waals surface area contributed by atoms with Crippen LogP contribution in [0.2, 0.25) is 0 Å².